The number of aryl methyl sites for hydroxylation is 1. The first kappa shape index (κ1) is 24.5. The second-order valence-corrected chi connectivity index (χ2v) is 8.95. The predicted molar refractivity (Wildman–Crippen MR) is 132 cm³/mol. The van der Waals surface area contributed by atoms with E-state index in [1.165, 1.54) is 4.90 Å². The van der Waals surface area contributed by atoms with Gasteiger partial charge in [-0.25, -0.2) is 9.78 Å². The van der Waals surface area contributed by atoms with E-state index in [0.717, 1.165) is 47.4 Å². The van der Waals surface area contributed by atoms with Crippen LogP contribution in [-0.4, -0.2) is 39.5 Å². The Morgan fingerprint density at radius 3 is 2.69 bits per heavy atom. The number of oxazole rings is 1. The van der Waals surface area contributed by atoms with Crippen molar-refractivity contribution < 1.29 is 23.8 Å². The number of nitrogens with zero attached hydrogens (tertiary/aromatic N) is 2. The van der Waals surface area contributed by atoms with Crippen molar-refractivity contribution >= 4 is 11.9 Å². The fourth-order valence-electron chi connectivity index (χ4n) is 4.43. The normalized spacial score (nSPS) is 15.0. The Labute approximate surface area is 205 Å². The number of carbonyl (C=O) groups excluding carboxylic acids is 1. The van der Waals surface area contributed by atoms with Gasteiger partial charge in [-0.15, -0.1) is 0 Å². The molecule has 1 aromatic heterocycles. The van der Waals surface area contributed by atoms with Gasteiger partial charge in [0.2, 0.25) is 11.8 Å². The molecule has 0 radical (unpaired) electrons. The number of amides is 1. The number of hydrogen-bond acceptors (Lipinski definition) is 5. The van der Waals surface area contributed by atoms with E-state index < -0.39 is 12.0 Å². The maximum atomic E-state index is 12.8. The molecule has 1 atom stereocenters. The van der Waals surface area contributed by atoms with Crippen LogP contribution in [0.1, 0.15) is 55.2 Å². The van der Waals surface area contributed by atoms with Gasteiger partial charge in [0, 0.05) is 31.4 Å². The van der Waals surface area contributed by atoms with E-state index in [0.29, 0.717) is 37.5 Å². The van der Waals surface area contributed by atoms with Crippen LogP contribution in [0.2, 0.25) is 0 Å². The van der Waals surface area contributed by atoms with Crippen molar-refractivity contribution in [3.05, 3.63) is 71.1 Å². The molecule has 4 rings (SSSR count). The molecule has 2 heterocycles. The van der Waals surface area contributed by atoms with Crippen LogP contribution >= 0.6 is 0 Å². The third-order valence-corrected chi connectivity index (χ3v) is 6.43. The van der Waals surface area contributed by atoms with Crippen LogP contribution in [0.4, 0.5) is 0 Å². The van der Waals surface area contributed by atoms with Crippen molar-refractivity contribution in [2.24, 2.45) is 0 Å². The van der Waals surface area contributed by atoms with E-state index in [1.807, 2.05) is 55.5 Å². The van der Waals surface area contributed by atoms with Gasteiger partial charge in [0.15, 0.2) is 0 Å². The number of aliphatic carboxylic acids is 1. The van der Waals surface area contributed by atoms with Gasteiger partial charge >= 0.3 is 5.97 Å². The van der Waals surface area contributed by atoms with Gasteiger partial charge in [-0.1, -0.05) is 44.0 Å². The Kier molecular flexibility index (Phi) is 7.85. The van der Waals surface area contributed by atoms with Crippen LogP contribution < -0.4 is 4.74 Å². The summed E-state index contributed by atoms with van der Waals surface area (Å²) in [6.07, 6.45) is 4.05. The van der Waals surface area contributed by atoms with Crippen LogP contribution in [-0.2, 0) is 29.0 Å². The SMILES string of the molecule is CCCCCC(=O)N1Cc2cc(OCCc3nc(-c4ccccc4)oc3C)ccc2C[C@H]1C(=O)O. The Morgan fingerprint density at radius 1 is 1.14 bits per heavy atom. The molecule has 0 unspecified atom stereocenters. The zero-order chi connectivity index (χ0) is 24.8. The fraction of sp³-hybridized carbons (Fsp3) is 0.393. The highest BCUT2D eigenvalue weighted by atomic mass is 16.5. The lowest BCUT2D eigenvalue weighted by atomic mass is 9.93. The molecule has 3 aromatic rings. The number of carbonyl (C=O) groups is 2. The monoisotopic (exact) mass is 476 g/mol. The molecule has 0 fully saturated rings. The first-order valence-electron chi connectivity index (χ1n) is 12.2. The average Bonchev–Trinajstić information content (AvgIpc) is 3.24. The lowest BCUT2D eigenvalue weighted by Gasteiger charge is -2.34. The van der Waals surface area contributed by atoms with Crippen molar-refractivity contribution in [1.82, 2.24) is 9.88 Å². The van der Waals surface area contributed by atoms with E-state index >= 15 is 0 Å². The summed E-state index contributed by atoms with van der Waals surface area (Å²) in [4.78, 5) is 30.7. The van der Waals surface area contributed by atoms with Crippen molar-refractivity contribution in [3.63, 3.8) is 0 Å². The first-order chi connectivity index (χ1) is 17.0. The Hall–Kier alpha value is -3.61. The Bertz CT molecular complexity index is 1170. The van der Waals surface area contributed by atoms with Crippen LogP contribution in [0.15, 0.2) is 52.9 Å². The predicted octanol–water partition coefficient (Wildman–Crippen LogP) is 5.19. The summed E-state index contributed by atoms with van der Waals surface area (Å²) >= 11 is 0. The molecule has 2 aromatic carbocycles. The number of carboxylic acids is 1. The lowest BCUT2D eigenvalue weighted by Crippen LogP contribution is -2.48. The summed E-state index contributed by atoms with van der Waals surface area (Å²) in [7, 11) is 0. The van der Waals surface area contributed by atoms with Crippen molar-refractivity contribution in [2.75, 3.05) is 6.61 Å². The lowest BCUT2D eigenvalue weighted by molar-refractivity contribution is -0.151. The van der Waals surface area contributed by atoms with Gasteiger partial charge in [-0.2, -0.15) is 0 Å². The van der Waals surface area contributed by atoms with Gasteiger partial charge in [0.05, 0.1) is 12.3 Å². The number of unbranched alkanes of at least 4 members (excludes halogenated alkanes) is 2. The third-order valence-electron chi connectivity index (χ3n) is 6.43. The van der Waals surface area contributed by atoms with E-state index in [2.05, 4.69) is 11.9 Å². The van der Waals surface area contributed by atoms with Crippen molar-refractivity contribution in [2.45, 2.75) is 65.0 Å². The van der Waals surface area contributed by atoms with Crippen LogP contribution in [0.25, 0.3) is 11.5 Å². The largest absolute Gasteiger partial charge is 0.493 e. The fourth-order valence-corrected chi connectivity index (χ4v) is 4.43. The second-order valence-electron chi connectivity index (χ2n) is 8.95. The van der Waals surface area contributed by atoms with Gasteiger partial charge in [-0.05, 0) is 48.7 Å². The Morgan fingerprint density at radius 2 is 1.94 bits per heavy atom. The number of aromatic nitrogens is 1. The van der Waals surface area contributed by atoms with Gasteiger partial charge in [0.1, 0.15) is 17.6 Å². The van der Waals surface area contributed by atoms with E-state index in [-0.39, 0.29) is 12.5 Å². The third kappa shape index (κ3) is 5.91. The maximum absolute atomic E-state index is 12.8. The average molecular weight is 477 g/mol. The quantitative estimate of drug-likeness (QED) is 0.405. The molecule has 35 heavy (non-hydrogen) atoms. The molecule has 0 bridgehead atoms. The van der Waals surface area contributed by atoms with Gasteiger partial charge in [-0.3, -0.25) is 4.79 Å². The summed E-state index contributed by atoms with van der Waals surface area (Å²) in [6.45, 7) is 4.70. The number of hydrogen-bond donors (Lipinski definition) is 1. The van der Waals surface area contributed by atoms with E-state index in [4.69, 9.17) is 9.15 Å². The standard InChI is InChI=1S/C28H32N2O5/c1-3-4-6-11-26(31)30-18-22-16-23(13-12-21(22)17-25(30)28(32)33)34-15-14-24-19(2)35-27(29-24)20-9-7-5-8-10-20/h5,7-10,12-13,16,25H,3-4,6,11,14-15,17-18H2,1-2H3,(H,32,33)/t25-/m0/s1. The minimum absolute atomic E-state index is 0.0986. The topological polar surface area (TPSA) is 92.9 Å². The van der Waals surface area contributed by atoms with Crippen molar-refractivity contribution in [1.29, 1.82) is 0 Å². The summed E-state index contributed by atoms with van der Waals surface area (Å²) in [6, 6.07) is 14.7. The molecule has 0 saturated carbocycles. The highest BCUT2D eigenvalue weighted by Crippen LogP contribution is 2.28. The summed E-state index contributed by atoms with van der Waals surface area (Å²) < 4.78 is 11.8. The van der Waals surface area contributed by atoms with Crippen LogP contribution in [0.3, 0.4) is 0 Å². The number of rotatable bonds is 10. The van der Waals surface area contributed by atoms with Crippen LogP contribution in [0, 0.1) is 6.92 Å². The summed E-state index contributed by atoms with van der Waals surface area (Å²) in [5.74, 6) is 1.01. The molecule has 1 aliphatic rings. The minimum atomic E-state index is -0.960. The molecule has 1 N–H and O–H groups in total. The molecule has 0 spiro atoms. The molecule has 7 nitrogen and oxygen atoms in total. The van der Waals surface area contributed by atoms with E-state index in [9.17, 15) is 14.7 Å². The number of ether oxygens (including phenoxy) is 1. The highest BCUT2D eigenvalue weighted by molar-refractivity contribution is 5.84. The second kappa shape index (κ2) is 11.2. The van der Waals surface area contributed by atoms with Crippen molar-refractivity contribution in [3.8, 4) is 17.2 Å². The number of carboxylic acid groups (broad SMARTS) is 1. The molecule has 184 valence electrons. The zero-order valence-corrected chi connectivity index (χ0v) is 20.3. The number of fused-ring (bicyclic) bond motifs is 1. The highest BCUT2D eigenvalue weighted by Gasteiger charge is 2.34. The number of benzene rings is 2. The smallest absolute Gasteiger partial charge is 0.326 e. The minimum Gasteiger partial charge on any atom is -0.493 e. The summed E-state index contributed by atoms with van der Waals surface area (Å²) in [5.41, 5.74) is 3.68. The molecule has 1 aliphatic heterocycles. The molecule has 1 amide bonds. The van der Waals surface area contributed by atoms with E-state index in [1.54, 1.807) is 0 Å². The zero-order valence-electron chi connectivity index (χ0n) is 20.3. The molecule has 0 saturated heterocycles. The first-order valence-corrected chi connectivity index (χ1v) is 12.2. The van der Waals surface area contributed by atoms with Gasteiger partial charge < -0.3 is 19.2 Å². The Balaban J connectivity index is 1.40. The maximum Gasteiger partial charge on any atom is 0.326 e. The molecular formula is C28H32N2O5. The molecule has 7 heteroatoms. The summed E-state index contributed by atoms with van der Waals surface area (Å²) in [5, 5.41) is 9.70. The van der Waals surface area contributed by atoms with Crippen LogP contribution in [0.5, 0.6) is 5.75 Å². The molecular weight excluding hydrogens is 444 g/mol. The molecule has 0 aliphatic carbocycles. The van der Waals surface area contributed by atoms with Gasteiger partial charge in [0.25, 0.3) is 0 Å².